The predicted molar refractivity (Wildman–Crippen MR) is 109 cm³/mol. The van der Waals surface area contributed by atoms with Crippen molar-refractivity contribution in [3.63, 3.8) is 0 Å². The van der Waals surface area contributed by atoms with Crippen LogP contribution in [0.4, 0.5) is 13.2 Å². The average Bonchev–Trinajstić information content (AvgIpc) is 2.73. The lowest BCUT2D eigenvalue weighted by atomic mass is 9.94. The van der Waals surface area contributed by atoms with E-state index >= 15 is 0 Å². The van der Waals surface area contributed by atoms with Gasteiger partial charge in [0.15, 0.2) is 11.6 Å². The molecular formula is C25H23F3O. The highest BCUT2D eigenvalue weighted by atomic mass is 19.2. The first-order valence-corrected chi connectivity index (χ1v) is 9.90. The van der Waals surface area contributed by atoms with E-state index in [0.29, 0.717) is 29.2 Å². The zero-order valence-electron chi connectivity index (χ0n) is 16.5. The molecule has 3 aromatic rings. The van der Waals surface area contributed by atoms with E-state index in [1.807, 2.05) is 6.07 Å². The Balaban J connectivity index is 1.59. The molecule has 0 spiro atoms. The zero-order chi connectivity index (χ0) is 20.5. The van der Waals surface area contributed by atoms with E-state index in [-0.39, 0.29) is 23.0 Å². The molecular weight excluding hydrogens is 373 g/mol. The Bertz CT molecular complexity index is 1020. The van der Waals surface area contributed by atoms with Gasteiger partial charge in [-0.3, -0.25) is 0 Å². The highest BCUT2D eigenvalue weighted by Crippen LogP contribution is 2.34. The first kappa shape index (κ1) is 19.7. The second-order valence-electron chi connectivity index (χ2n) is 7.88. The summed E-state index contributed by atoms with van der Waals surface area (Å²) in [5.41, 5.74) is 3.02. The fourth-order valence-corrected chi connectivity index (χ4v) is 3.81. The molecule has 3 aromatic carbocycles. The molecule has 0 bridgehead atoms. The van der Waals surface area contributed by atoms with E-state index in [2.05, 4.69) is 6.92 Å². The molecule has 1 aliphatic rings. The van der Waals surface area contributed by atoms with E-state index in [9.17, 15) is 13.2 Å². The number of hydrogen-bond donors (Lipinski definition) is 0. The molecule has 1 aliphatic heterocycles. The third kappa shape index (κ3) is 3.95. The van der Waals surface area contributed by atoms with Crippen LogP contribution in [0.1, 0.15) is 37.0 Å². The quantitative estimate of drug-likeness (QED) is 0.454. The Morgan fingerprint density at radius 3 is 2.07 bits per heavy atom. The van der Waals surface area contributed by atoms with Crippen LogP contribution in [-0.2, 0) is 4.74 Å². The van der Waals surface area contributed by atoms with Crippen molar-refractivity contribution < 1.29 is 17.9 Å². The molecule has 0 aromatic heterocycles. The summed E-state index contributed by atoms with van der Waals surface area (Å²) in [6.45, 7) is 4.38. The fraction of sp³-hybridized carbons (Fsp3) is 0.280. The van der Waals surface area contributed by atoms with Gasteiger partial charge in [0.05, 0.1) is 6.10 Å². The van der Waals surface area contributed by atoms with Crippen molar-refractivity contribution >= 4 is 0 Å². The van der Waals surface area contributed by atoms with Crippen molar-refractivity contribution in [2.24, 2.45) is 5.92 Å². The third-order valence-electron chi connectivity index (χ3n) is 5.65. The van der Waals surface area contributed by atoms with Crippen LogP contribution in [0.2, 0.25) is 0 Å². The molecule has 0 aliphatic carbocycles. The summed E-state index contributed by atoms with van der Waals surface area (Å²) in [6.07, 6.45) is 1.91. The van der Waals surface area contributed by atoms with Gasteiger partial charge in [0.2, 0.25) is 0 Å². The van der Waals surface area contributed by atoms with Gasteiger partial charge in [0, 0.05) is 17.7 Å². The van der Waals surface area contributed by atoms with Crippen LogP contribution in [0, 0.1) is 30.3 Å². The van der Waals surface area contributed by atoms with Crippen molar-refractivity contribution in [2.75, 3.05) is 6.61 Å². The Labute approximate surface area is 169 Å². The van der Waals surface area contributed by atoms with E-state index in [1.54, 1.807) is 48.5 Å². The molecule has 1 nitrogen and oxygen atoms in total. The first-order chi connectivity index (χ1) is 13.9. The van der Waals surface area contributed by atoms with Gasteiger partial charge < -0.3 is 4.74 Å². The van der Waals surface area contributed by atoms with E-state index in [0.717, 1.165) is 18.4 Å². The molecule has 2 atom stereocenters. The number of halogens is 3. The summed E-state index contributed by atoms with van der Waals surface area (Å²) in [4.78, 5) is 0. The van der Waals surface area contributed by atoms with Gasteiger partial charge in [-0.1, -0.05) is 55.5 Å². The molecule has 150 valence electrons. The minimum absolute atomic E-state index is 0.0588. The summed E-state index contributed by atoms with van der Waals surface area (Å²) in [7, 11) is 0. The lowest BCUT2D eigenvalue weighted by molar-refractivity contribution is -0.0125. The van der Waals surface area contributed by atoms with Crippen LogP contribution in [0.3, 0.4) is 0 Å². The molecule has 0 radical (unpaired) electrons. The SMILES string of the molecule is Cc1ccc(-c2ccc(-c3ccc(C4CCC(C)CO4)cc3F)cc2)c(F)c1F. The summed E-state index contributed by atoms with van der Waals surface area (Å²) >= 11 is 0. The van der Waals surface area contributed by atoms with E-state index in [4.69, 9.17) is 4.74 Å². The normalized spacial score (nSPS) is 19.3. The lowest BCUT2D eigenvalue weighted by Gasteiger charge is -2.27. The van der Waals surface area contributed by atoms with Crippen LogP contribution in [0.25, 0.3) is 22.3 Å². The van der Waals surface area contributed by atoms with Crippen LogP contribution in [0.15, 0.2) is 54.6 Å². The topological polar surface area (TPSA) is 9.23 Å². The molecule has 1 saturated heterocycles. The molecule has 4 heteroatoms. The lowest BCUT2D eigenvalue weighted by Crippen LogP contribution is -2.18. The van der Waals surface area contributed by atoms with Crippen molar-refractivity contribution in [1.29, 1.82) is 0 Å². The molecule has 1 fully saturated rings. The van der Waals surface area contributed by atoms with Gasteiger partial charge in [-0.2, -0.15) is 0 Å². The van der Waals surface area contributed by atoms with Gasteiger partial charge in [0.25, 0.3) is 0 Å². The monoisotopic (exact) mass is 396 g/mol. The highest BCUT2D eigenvalue weighted by molar-refractivity contribution is 5.71. The Morgan fingerprint density at radius 1 is 0.793 bits per heavy atom. The molecule has 0 N–H and O–H groups in total. The van der Waals surface area contributed by atoms with Gasteiger partial charge in [-0.15, -0.1) is 0 Å². The van der Waals surface area contributed by atoms with Crippen LogP contribution in [-0.4, -0.2) is 6.61 Å². The summed E-state index contributed by atoms with van der Waals surface area (Å²) in [5, 5.41) is 0. The van der Waals surface area contributed by atoms with E-state index < -0.39 is 11.6 Å². The molecule has 1 heterocycles. The highest BCUT2D eigenvalue weighted by Gasteiger charge is 2.21. The van der Waals surface area contributed by atoms with Gasteiger partial charge in [-0.25, -0.2) is 13.2 Å². The molecule has 2 unspecified atom stereocenters. The molecule has 0 amide bonds. The smallest absolute Gasteiger partial charge is 0.166 e. The van der Waals surface area contributed by atoms with Crippen molar-refractivity contribution in [1.82, 2.24) is 0 Å². The van der Waals surface area contributed by atoms with Crippen LogP contribution < -0.4 is 0 Å². The summed E-state index contributed by atoms with van der Waals surface area (Å²) in [6, 6.07) is 15.1. The maximum absolute atomic E-state index is 14.8. The maximum Gasteiger partial charge on any atom is 0.166 e. The standard InChI is InChI=1S/C25H23F3O/c1-15-3-12-23(29-14-15)19-9-11-20(22(26)13-19)17-5-7-18(8-6-17)21-10-4-16(2)24(27)25(21)28/h4-11,13,15,23H,3,12,14H2,1-2H3. The first-order valence-electron chi connectivity index (χ1n) is 9.90. The zero-order valence-corrected chi connectivity index (χ0v) is 16.5. The predicted octanol–water partition coefficient (Wildman–Crippen LogP) is 7.23. The van der Waals surface area contributed by atoms with Gasteiger partial charge in [0.1, 0.15) is 5.82 Å². The maximum atomic E-state index is 14.8. The Kier molecular flexibility index (Phi) is 5.46. The number of rotatable bonds is 3. The van der Waals surface area contributed by atoms with Gasteiger partial charge in [-0.05, 0) is 54.0 Å². The molecule has 0 saturated carbocycles. The molecule has 4 rings (SSSR count). The second-order valence-corrected chi connectivity index (χ2v) is 7.88. The Hall–Kier alpha value is -2.59. The van der Waals surface area contributed by atoms with Crippen molar-refractivity contribution in [2.45, 2.75) is 32.8 Å². The third-order valence-corrected chi connectivity index (χ3v) is 5.65. The van der Waals surface area contributed by atoms with Crippen molar-refractivity contribution in [3.8, 4) is 22.3 Å². The summed E-state index contributed by atoms with van der Waals surface area (Å²) in [5.74, 6) is -1.48. The number of aryl methyl sites for hydroxylation is 1. The van der Waals surface area contributed by atoms with Crippen LogP contribution in [0.5, 0.6) is 0 Å². The largest absolute Gasteiger partial charge is 0.373 e. The summed E-state index contributed by atoms with van der Waals surface area (Å²) < 4.78 is 48.7. The average molecular weight is 396 g/mol. The van der Waals surface area contributed by atoms with Crippen molar-refractivity contribution in [3.05, 3.63) is 83.2 Å². The number of hydrogen-bond acceptors (Lipinski definition) is 1. The molecule has 29 heavy (non-hydrogen) atoms. The van der Waals surface area contributed by atoms with Gasteiger partial charge >= 0.3 is 0 Å². The number of ether oxygens (including phenoxy) is 1. The fourth-order valence-electron chi connectivity index (χ4n) is 3.81. The van der Waals surface area contributed by atoms with Crippen LogP contribution >= 0.6 is 0 Å². The van der Waals surface area contributed by atoms with E-state index in [1.165, 1.54) is 6.92 Å². The minimum atomic E-state index is -0.866. The second kappa shape index (κ2) is 8.03. The minimum Gasteiger partial charge on any atom is -0.373 e. The Morgan fingerprint density at radius 2 is 1.45 bits per heavy atom. The number of benzene rings is 3.